The van der Waals surface area contributed by atoms with Crippen LogP contribution in [0.5, 0.6) is 17.2 Å². The summed E-state index contributed by atoms with van der Waals surface area (Å²) in [5.41, 5.74) is 6.65. The molecule has 2 N–H and O–H groups in total. The molecule has 0 aliphatic rings. The molecule has 0 aromatic heterocycles. The molecule has 2 aromatic rings. The van der Waals surface area contributed by atoms with Crippen molar-refractivity contribution in [3.8, 4) is 17.2 Å². The highest BCUT2D eigenvalue weighted by Crippen LogP contribution is 2.28. The van der Waals surface area contributed by atoms with Crippen molar-refractivity contribution in [2.24, 2.45) is 5.73 Å². The fourth-order valence-corrected chi connectivity index (χ4v) is 2.04. The van der Waals surface area contributed by atoms with Gasteiger partial charge in [0.1, 0.15) is 23.3 Å². The van der Waals surface area contributed by atoms with Crippen molar-refractivity contribution < 1.29 is 19.0 Å². The van der Waals surface area contributed by atoms with Crippen LogP contribution < -0.4 is 15.2 Å². The summed E-state index contributed by atoms with van der Waals surface area (Å²) in [5, 5.41) is 0. The number of benzene rings is 2. The van der Waals surface area contributed by atoms with Gasteiger partial charge in [-0.1, -0.05) is 24.3 Å². The zero-order valence-electron chi connectivity index (χ0n) is 12.6. The molecule has 0 aliphatic heterocycles. The number of esters is 1. The molecule has 0 amide bonds. The molecule has 0 fully saturated rings. The maximum Gasteiger partial charge on any atom is 0.322 e. The molecule has 2 aromatic carbocycles. The fourth-order valence-electron chi connectivity index (χ4n) is 2.04. The number of methoxy groups -OCH3 is 2. The van der Waals surface area contributed by atoms with Gasteiger partial charge < -0.3 is 19.9 Å². The van der Waals surface area contributed by atoms with E-state index >= 15 is 0 Å². The third-order valence-corrected chi connectivity index (χ3v) is 3.19. The van der Waals surface area contributed by atoms with Crippen molar-refractivity contribution in [1.82, 2.24) is 0 Å². The normalized spacial score (nSPS) is 11.6. The Morgan fingerprint density at radius 1 is 1.09 bits per heavy atom. The average Bonchev–Trinajstić information content (AvgIpc) is 2.56. The van der Waals surface area contributed by atoms with Crippen LogP contribution in [-0.4, -0.2) is 26.2 Å². The topological polar surface area (TPSA) is 70.8 Å². The van der Waals surface area contributed by atoms with Crippen LogP contribution >= 0.6 is 0 Å². The molecule has 0 bridgehead atoms. The number of hydrogen-bond acceptors (Lipinski definition) is 5. The minimum atomic E-state index is -0.722. The molecular formula is C17H19NO4. The largest absolute Gasteiger partial charge is 0.497 e. The lowest BCUT2D eigenvalue weighted by molar-refractivity contribution is -0.142. The maximum atomic E-state index is 11.5. The Hall–Kier alpha value is -2.53. The molecule has 1 atom stereocenters. The zero-order valence-corrected chi connectivity index (χ0v) is 12.6. The summed E-state index contributed by atoms with van der Waals surface area (Å²) in [6.45, 7) is 0. The van der Waals surface area contributed by atoms with Crippen LogP contribution in [0.25, 0.3) is 0 Å². The summed E-state index contributed by atoms with van der Waals surface area (Å²) in [5.74, 6) is 1.56. The van der Waals surface area contributed by atoms with Crippen molar-refractivity contribution in [3.63, 3.8) is 0 Å². The molecule has 0 spiro atoms. The third kappa shape index (κ3) is 3.99. The summed E-state index contributed by atoms with van der Waals surface area (Å²) >= 11 is 0. The van der Waals surface area contributed by atoms with Gasteiger partial charge in [-0.3, -0.25) is 4.79 Å². The van der Waals surface area contributed by atoms with Gasteiger partial charge in [-0.05, 0) is 23.8 Å². The second-order valence-electron chi connectivity index (χ2n) is 4.72. The van der Waals surface area contributed by atoms with E-state index in [1.54, 1.807) is 13.2 Å². The highest BCUT2D eigenvalue weighted by Gasteiger charge is 2.16. The lowest BCUT2D eigenvalue weighted by atomic mass is 10.1. The summed E-state index contributed by atoms with van der Waals surface area (Å²) in [6.07, 6.45) is 0.340. The van der Waals surface area contributed by atoms with Gasteiger partial charge in [-0.25, -0.2) is 0 Å². The number of hydrogen-bond donors (Lipinski definition) is 1. The molecule has 5 heteroatoms. The van der Waals surface area contributed by atoms with Crippen molar-refractivity contribution in [2.75, 3.05) is 14.2 Å². The van der Waals surface area contributed by atoms with E-state index in [4.69, 9.17) is 15.2 Å². The van der Waals surface area contributed by atoms with Crippen LogP contribution in [0.3, 0.4) is 0 Å². The van der Waals surface area contributed by atoms with Crippen molar-refractivity contribution >= 4 is 5.97 Å². The van der Waals surface area contributed by atoms with Gasteiger partial charge in [-0.2, -0.15) is 0 Å². The first-order chi connectivity index (χ1) is 10.6. The fraction of sp³-hybridized carbons (Fsp3) is 0.235. The predicted molar refractivity (Wildman–Crippen MR) is 83.2 cm³/mol. The molecule has 0 aliphatic carbocycles. The molecular weight excluding hydrogens is 282 g/mol. The van der Waals surface area contributed by atoms with E-state index < -0.39 is 12.0 Å². The lowest BCUT2D eigenvalue weighted by Crippen LogP contribution is -2.33. The first-order valence-corrected chi connectivity index (χ1v) is 6.87. The number of rotatable bonds is 6. The maximum absolute atomic E-state index is 11.5. The first kappa shape index (κ1) is 15.9. The van der Waals surface area contributed by atoms with Crippen molar-refractivity contribution in [1.29, 1.82) is 0 Å². The van der Waals surface area contributed by atoms with Gasteiger partial charge >= 0.3 is 5.97 Å². The number of para-hydroxylation sites is 1. The Balaban J connectivity index is 2.19. The van der Waals surface area contributed by atoms with E-state index in [1.807, 2.05) is 42.5 Å². The van der Waals surface area contributed by atoms with Gasteiger partial charge in [-0.15, -0.1) is 0 Å². The molecule has 1 unspecified atom stereocenters. The number of nitrogens with two attached hydrogens (primary N) is 1. The van der Waals surface area contributed by atoms with E-state index in [9.17, 15) is 4.79 Å². The smallest absolute Gasteiger partial charge is 0.322 e. The molecule has 116 valence electrons. The monoisotopic (exact) mass is 301 g/mol. The predicted octanol–water partition coefficient (Wildman–Crippen LogP) is 2.53. The van der Waals surface area contributed by atoms with Gasteiger partial charge in [0.25, 0.3) is 0 Å². The summed E-state index contributed by atoms with van der Waals surface area (Å²) in [7, 11) is 2.92. The molecule has 0 heterocycles. The van der Waals surface area contributed by atoms with Gasteiger partial charge in [0.2, 0.25) is 0 Å². The summed E-state index contributed by atoms with van der Waals surface area (Å²) < 4.78 is 15.7. The van der Waals surface area contributed by atoms with E-state index in [2.05, 4.69) is 4.74 Å². The minimum absolute atomic E-state index is 0.340. The highest BCUT2D eigenvalue weighted by molar-refractivity contribution is 5.75. The number of carbonyl (C=O) groups excluding carboxylic acids is 1. The summed E-state index contributed by atoms with van der Waals surface area (Å²) in [4.78, 5) is 11.5. The van der Waals surface area contributed by atoms with Crippen molar-refractivity contribution in [3.05, 3.63) is 54.1 Å². The van der Waals surface area contributed by atoms with Gasteiger partial charge in [0, 0.05) is 12.5 Å². The Kier molecular flexibility index (Phi) is 5.38. The SMILES string of the molecule is COC(=O)C(N)Cc1ccccc1Oc1cccc(OC)c1. The highest BCUT2D eigenvalue weighted by atomic mass is 16.5. The Labute approximate surface area is 129 Å². The second-order valence-corrected chi connectivity index (χ2v) is 4.72. The van der Waals surface area contributed by atoms with E-state index in [0.29, 0.717) is 23.7 Å². The van der Waals surface area contributed by atoms with Crippen LogP contribution in [-0.2, 0) is 16.0 Å². The van der Waals surface area contributed by atoms with E-state index in [1.165, 1.54) is 7.11 Å². The minimum Gasteiger partial charge on any atom is -0.497 e. The number of ether oxygens (including phenoxy) is 3. The van der Waals surface area contributed by atoms with Crippen LogP contribution in [0, 0.1) is 0 Å². The molecule has 0 radical (unpaired) electrons. The molecule has 0 saturated heterocycles. The molecule has 2 rings (SSSR count). The Morgan fingerprint density at radius 2 is 1.82 bits per heavy atom. The average molecular weight is 301 g/mol. The van der Waals surface area contributed by atoms with Gasteiger partial charge in [0.05, 0.1) is 14.2 Å². The molecule has 5 nitrogen and oxygen atoms in total. The van der Waals surface area contributed by atoms with Gasteiger partial charge in [0.15, 0.2) is 0 Å². The first-order valence-electron chi connectivity index (χ1n) is 6.87. The summed E-state index contributed by atoms with van der Waals surface area (Å²) in [6, 6.07) is 14.0. The number of carbonyl (C=O) groups is 1. The zero-order chi connectivity index (χ0) is 15.9. The van der Waals surface area contributed by atoms with Crippen molar-refractivity contribution in [2.45, 2.75) is 12.5 Å². The quantitative estimate of drug-likeness (QED) is 0.830. The van der Waals surface area contributed by atoms with E-state index in [0.717, 1.165) is 5.56 Å². The van der Waals surface area contributed by atoms with Crippen LogP contribution in [0.15, 0.2) is 48.5 Å². The van der Waals surface area contributed by atoms with E-state index in [-0.39, 0.29) is 0 Å². The third-order valence-electron chi connectivity index (χ3n) is 3.19. The lowest BCUT2D eigenvalue weighted by Gasteiger charge is -2.14. The Morgan fingerprint density at radius 3 is 2.55 bits per heavy atom. The second kappa shape index (κ2) is 7.47. The molecule has 0 saturated carbocycles. The standard InChI is InChI=1S/C17H19NO4/c1-20-13-7-5-8-14(11-13)22-16-9-4-3-6-12(16)10-15(18)17(19)21-2/h3-9,11,15H,10,18H2,1-2H3. The molecule has 22 heavy (non-hydrogen) atoms. The van der Waals surface area contributed by atoms with Crippen LogP contribution in [0.4, 0.5) is 0 Å². The Bertz CT molecular complexity index is 642. The van der Waals surface area contributed by atoms with Crippen LogP contribution in [0.1, 0.15) is 5.56 Å². The van der Waals surface area contributed by atoms with Crippen LogP contribution in [0.2, 0.25) is 0 Å².